The molecular formula is C17H14Cl4O2. The number of rotatable bonds is 6. The summed E-state index contributed by atoms with van der Waals surface area (Å²) in [5, 5.41) is 0.810. The Labute approximate surface area is 155 Å². The van der Waals surface area contributed by atoms with Gasteiger partial charge in [-0.25, -0.2) is 0 Å². The van der Waals surface area contributed by atoms with Crippen LogP contribution in [0.2, 0.25) is 10.0 Å². The van der Waals surface area contributed by atoms with E-state index < -0.39 is 4.33 Å². The maximum Gasteiger partial charge on any atom is 0.157 e. The van der Waals surface area contributed by atoms with E-state index >= 15 is 0 Å². The molecule has 2 aromatic rings. The molecule has 1 aliphatic carbocycles. The van der Waals surface area contributed by atoms with Gasteiger partial charge in [-0.1, -0.05) is 53.5 Å². The molecule has 2 nitrogen and oxygen atoms in total. The molecule has 122 valence electrons. The second kappa shape index (κ2) is 6.98. The van der Waals surface area contributed by atoms with Crippen molar-refractivity contribution in [2.45, 2.75) is 17.4 Å². The first kappa shape index (κ1) is 17.0. The lowest BCUT2D eigenvalue weighted by atomic mass is 10.2. The van der Waals surface area contributed by atoms with Crippen molar-refractivity contribution in [3.05, 3.63) is 58.1 Å². The fourth-order valence-corrected chi connectivity index (χ4v) is 3.21. The molecule has 3 rings (SSSR count). The summed E-state index contributed by atoms with van der Waals surface area (Å²) in [6, 6.07) is 13.2. The lowest BCUT2D eigenvalue weighted by Crippen LogP contribution is -2.04. The molecule has 1 unspecified atom stereocenters. The third-order valence-electron chi connectivity index (χ3n) is 3.60. The standard InChI is InChI=1S/C17H14Cl4O2/c18-14-6-13(22-10-12-8-17(12,20)21)7-15(19)16(14)23-9-11-4-2-1-3-5-11/h1-7,12H,8-10H2. The Hall–Kier alpha value is -0.800. The average Bonchev–Trinajstić information content (AvgIpc) is 3.12. The fraction of sp³-hybridized carbons (Fsp3) is 0.294. The van der Waals surface area contributed by atoms with Gasteiger partial charge in [0.1, 0.15) is 16.7 Å². The number of benzene rings is 2. The second-order valence-electron chi connectivity index (χ2n) is 5.46. The Morgan fingerprint density at radius 2 is 1.61 bits per heavy atom. The summed E-state index contributed by atoms with van der Waals surface area (Å²) in [4.78, 5) is 0. The topological polar surface area (TPSA) is 18.5 Å². The fourth-order valence-electron chi connectivity index (χ4n) is 2.13. The molecule has 0 bridgehead atoms. The summed E-state index contributed by atoms with van der Waals surface area (Å²) >= 11 is 24.4. The highest BCUT2D eigenvalue weighted by molar-refractivity contribution is 6.50. The van der Waals surface area contributed by atoms with Crippen LogP contribution in [0.25, 0.3) is 0 Å². The Morgan fingerprint density at radius 1 is 1.00 bits per heavy atom. The van der Waals surface area contributed by atoms with Crippen molar-refractivity contribution in [2.75, 3.05) is 6.61 Å². The zero-order chi connectivity index (χ0) is 16.4. The van der Waals surface area contributed by atoms with Gasteiger partial charge in [-0.15, -0.1) is 23.2 Å². The van der Waals surface area contributed by atoms with Crippen molar-refractivity contribution in [2.24, 2.45) is 5.92 Å². The van der Waals surface area contributed by atoms with E-state index in [1.807, 2.05) is 30.3 Å². The molecule has 0 aliphatic heterocycles. The Balaban J connectivity index is 1.63. The first-order valence-corrected chi connectivity index (χ1v) is 8.63. The summed E-state index contributed by atoms with van der Waals surface area (Å²) in [7, 11) is 0. The molecule has 1 saturated carbocycles. The van der Waals surface area contributed by atoms with Gasteiger partial charge in [-0.3, -0.25) is 0 Å². The molecule has 2 aromatic carbocycles. The molecule has 1 aliphatic rings. The van der Waals surface area contributed by atoms with Crippen LogP contribution in [0.15, 0.2) is 42.5 Å². The molecule has 0 amide bonds. The summed E-state index contributed by atoms with van der Waals surface area (Å²) in [6.07, 6.45) is 0.732. The lowest BCUT2D eigenvalue weighted by Gasteiger charge is -2.13. The summed E-state index contributed by atoms with van der Waals surface area (Å²) in [6.45, 7) is 0.827. The molecule has 0 saturated heterocycles. The van der Waals surface area contributed by atoms with E-state index in [4.69, 9.17) is 55.9 Å². The van der Waals surface area contributed by atoms with E-state index in [0.717, 1.165) is 12.0 Å². The third-order valence-corrected chi connectivity index (χ3v) is 5.09. The van der Waals surface area contributed by atoms with E-state index in [0.29, 0.717) is 34.8 Å². The van der Waals surface area contributed by atoms with Crippen LogP contribution < -0.4 is 9.47 Å². The lowest BCUT2D eigenvalue weighted by molar-refractivity contribution is 0.293. The van der Waals surface area contributed by atoms with E-state index in [1.165, 1.54) is 0 Å². The smallest absolute Gasteiger partial charge is 0.157 e. The predicted octanol–water partition coefficient (Wildman–Crippen LogP) is 6.15. The molecule has 23 heavy (non-hydrogen) atoms. The van der Waals surface area contributed by atoms with Gasteiger partial charge in [0.15, 0.2) is 5.75 Å². The van der Waals surface area contributed by atoms with Crippen LogP contribution in [0.4, 0.5) is 0 Å². The number of hydrogen-bond donors (Lipinski definition) is 0. The van der Waals surface area contributed by atoms with Crippen LogP contribution in [-0.2, 0) is 6.61 Å². The molecule has 1 fully saturated rings. The molecule has 0 N–H and O–H groups in total. The molecule has 0 heterocycles. The third kappa shape index (κ3) is 4.39. The van der Waals surface area contributed by atoms with E-state index in [-0.39, 0.29) is 5.92 Å². The summed E-state index contributed by atoms with van der Waals surface area (Å²) < 4.78 is 10.7. The van der Waals surface area contributed by atoms with Crippen LogP contribution >= 0.6 is 46.4 Å². The van der Waals surface area contributed by atoms with Gasteiger partial charge in [-0.2, -0.15) is 0 Å². The first-order valence-electron chi connectivity index (χ1n) is 7.12. The van der Waals surface area contributed by atoms with Gasteiger partial charge >= 0.3 is 0 Å². The molecule has 6 heteroatoms. The van der Waals surface area contributed by atoms with Crippen LogP contribution in [0, 0.1) is 5.92 Å². The van der Waals surface area contributed by atoms with Crippen LogP contribution in [0.3, 0.4) is 0 Å². The van der Waals surface area contributed by atoms with Gasteiger partial charge in [-0.05, 0) is 12.0 Å². The molecule has 1 atom stereocenters. The summed E-state index contributed by atoms with van der Waals surface area (Å²) in [5.41, 5.74) is 1.04. The number of ether oxygens (including phenoxy) is 2. The quantitative estimate of drug-likeness (QED) is 0.550. The van der Waals surface area contributed by atoms with Gasteiger partial charge in [0.2, 0.25) is 0 Å². The van der Waals surface area contributed by atoms with Gasteiger partial charge in [0.05, 0.1) is 16.7 Å². The van der Waals surface area contributed by atoms with Gasteiger partial charge in [0, 0.05) is 18.1 Å². The largest absolute Gasteiger partial charge is 0.493 e. The SMILES string of the molecule is Clc1cc(OCC2CC2(Cl)Cl)cc(Cl)c1OCc1ccccc1. The van der Waals surface area contributed by atoms with Crippen LogP contribution in [-0.4, -0.2) is 10.9 Å². The number of alkyl halides is 2. The maximum absolute atomic E-state index is 6.25. The Kier molecular flexibility index (Phi) is 5.17. The molecular weight excluding hydrogens is 378 g/mol. The minimum atomic E-state index is -0.660. The molecule has 0 aromatic heterocycles. The van der Waals surface area contributed by atoms with E-state index in [2.05, 4.69) is 0 Å². The van der Waals surface area contributed by atoms with Gasteiger partial charge in [0.25, 0.3) is 0 Å². The second-order valence-corrected chi connectivity index (χ2v) is 7.82. The van der Waals surface area contributed by atoms with E-state index in [9.17, 15) is 0 Å². The van der Waals surface area contributed by atoms with E-state index in [1.54, 1.807) is 12.1 Å². The number of hydrogen-bond acceptors (Lipinski definition) is 2. The minimum Gasteiger partial charge on any atom is -0.493 e. The van der Waals surface area contributed by atoms with Crippen LogP contribution in [0.5, 0.6) is 11.5 Å². The highest BCUT2D eigenvalue weighted by Gasteiger charge is 2.52. The van der Waals surface area contributed by atoms with Crippen molar-refractivity contribution < 1.29 is 9.47 Å². The summed E-state index contributed by atoms with van der Waals surface area (Å²) in [5.74, 6) is 1.15. The highest BCUT2D eigenvalue weighted by Crippen LogP contribution is 2.53. The van der Waals surface area contributed by atoms with Crippen molar-refractivity contribution in [1.82, 2.24) is 0 Å². The highest BCUT2D eigenvalue weighted by atomic mass is 35.5. The van der Waals surface area contributed by atoms with Gasteiger partial charge < -0.3 is 9.47 Å². The zero-order valence-corrected chi connectivity index (χ0v) is 15.1. The average molecular weight is 392 g/mol. The zero-order valence-electron chi connectivity index (χ0n) is 12.1. The Bertz CT molecular complexity index is 665. The number of halogens is 4. The molecule has 0 radical (unpaired) electrons. The van der Waals surface area contributed by atoms with Crippen LogP contribution in [0.1, 0.15) is 12.0 Å². The monoisotopic (exact) mass is 390 g/mol. The Morgan fingerprint density at radius 3 is 2.17 bits per heavy atom. The van der Waals surface area contributed by atoms with Crippen molar-refractivity contribution in [3.63, 3.8) is 0 Å². The normalized spacial score (nSPS) is 18.5. The van der Waals surface area contributed by atoms with Crippen molar-refractivity contribution >= 4 is 46.4 Å². The van der Waals surface area contributed by atoms with Crippen molar-refractivity contribution in [3.8, 4) is 11.5 Å². The minimum absolute atomic E-state index is 0.136. The molecule has 0 spiro atoms. The predicted molar refractivity (Wildman–Crippen MR) is 95.3 cm³/mol. The maximum atomic E-state index is 6.25. The first-order chi connectivity index (χ1) is 11.0. The van der Waals surface area contributed by atoms with Crippen molar-refractivity contribution in [1.29, 1.82) is 0 Å².